The summed E-state index contributed by atoms with van der Waals surface area (Å²) in [4.78, 5) is 14.5. The summed E-state index contributed by atoms with van der Waals surface area (Å²) in [5, 5.41) is 14.0. The molecule has 4 heteroatoms. The Bertz CT molecular complexity index is 776. The predicted molar refractivity (Wildman–Crippen MR) is 103 cm³/mol. The van der Waals surface area contributed by atoms with Crippen molar-refractivity contribution in [3.05, 3.63) is 65.7 Å². The zero-order chi connectivity index (χ0) is 18.1. The molecule has 1 saturated heterocycles. The van der Waals surface area contributed by atoms with Crippen molar-refractivity contribution in [1.82, 2.24) is 4.90 Å². The van der Waals surface area contributed by atoms with E-state index >= 15 is 0 Å². The molecule has 136 valence electrons. The van der Waals surface area contributed by atoms with Gasteiger partial charge in [0, 0.05) is 25.2 Å². The topological polar surface area (TPSA) is 52.6 Å². The molecule has 2 amide bonds. The highest BCUT2D eigenvalue weighted by molar-refractivity contribution is 5.89. The Hall–Kier alpha value is -2.33. The van der Waals surface area contributed by atoms with Crippen molar-refractivity contribution >= 4 is 11.7 Å². The molecule has 2 aromatic carbocycles. The van der Waals surface area contributed by atoms with Crippen molar-refractivity contribution in [3.8, 4) is 0 Å². The Kier molecular flexibility index (Phi) is 4.45. The second-order valence-corrected chi connectivity index (χ2v) is 8.02. The van der Waals surface area contributed by atoms with Gasteiger partial charge in [0.05, 0.1) is 5.60 Å². The number of rotatable bonds is 3. The number of aliphatic hydroxyl groups is 1. The number of nitrogens with zero attached hydrogens (tertiary/aromatic N) is 1. The van der Waals surface area contributed by atoms with Crippen LogP contribution < -0.4 is 5.32 Å². The average molecular weight is 350 g/mol. The molecule has 3 atom stereocenters. The fourth-order valence-corrected chi connectivity index (χ4v) is 4.67. The van der Waals surface area contributed by atoms with Crippen LogP contribution in [-0.2, 0) is 6.42 Å². The number of amides is 2. The summed E-state index contributed by atoms with van der Waals surface area (Å²) < 4.78 is 0. The first-order valence-electron chi connectivity index (χ1n) is 9.40. The molecule has 2 aliphatic rings. The first kappa shape index (κ1) is 17.1. The van der Waals surface area contributed by atoms with E-state index in [1.807, 2.05) is 54.3 Å². The fraction of sp³-hybridized carbons (Fsp3) is 0.409. The van der Waals surface area contributed by atoms with Gasteiger partial charge in [0.25, 0.3) is 0 Å². The van der Waals surface area contributed by atoms with Gasteiger partial charge in [-0.1, -0.05) is 42.5 Å². The van der Waals surface area contributed by atoms with Gasteiger partial charge in [-0.05, 0) is 54.9 Å². The highest BCUT2D eigenvalue weighted by Gasteiger charge is 2.49. The number of hydrogen-bond acceptors (Lipinski definition) is 2. The summed E-state index contributed by atoms with van der Waals surface area (Å²) in [6.07, 6.45) is 2.26. The minimum absolute atomic E-state index is 0.0309. The van der Waals surface area contributed by atoms with Gasteiger partial charge >= 0.3 is 6.03 Å². The SMILES string of the molecule is Cc1cccc(NC(=O)N2C[C@@H]3CC(O)(Cc4ccccc4)C[C@@H]3C2)c1. The predicted octanol–water partition coefficient (Wildman–Crippen LogP) is 3.84. The van der Waals surface area contributed by atoms with Crippen molar-refractivity contribution in [1.29, 1.82) is 0 Å². The molecule has 2 aromatic rings. The molecule has 0 radical (unpaired) electrons. The first-order chi connectivity index (χ1) is 12.5. The van der Waals surface area contributed by atoms with Gasteiger partial charge in [0.15, 0.2) is 0 Å². The zero-order valence-electron chi connectivity index (χ0n) is 15.2. The van der Waals surface area contributed by atoms with E-state index < -0.39 is 5.60 Å². The molecule has 4 rings (SSSR count). The molecule has 1 unspecified atom stereocenters. The molecule has 26 heavy (non-hydrogen) atoms. The molecule has 2 fully saturated rings. The zero-order valence-corrected chi connectivity index (χ0v) is 15.2. The number of hydrogen-bond donors (Lipinski definition) is 2. The van der Waals surface area contributed by atoms with Crippen LogP contribution in [0.2, 0.25) is 0 Å². The van der Waals surface area contributed by atoms with Gasteiger partial charge in [-0.3, -0.25) is 0 Å². The first-order valence-corrected chi connectivity index (χ1v) is 9.40. The van der Waals surface area contributed by atoms with Gasteiger partial charge < -0.3 is 15.3 Å². The van der Waals surface area contributed by atoms with Crippen LogP contribution in [0.25, 0.3) is 0 Å². The lowest BCUT2D eigenvalue weighted by Gasteiger charge is -2.26. The van der Waals surface area contributed by atoms with Gasteiger partial charge in [-0.2, -0.15) is 0 Å². The monoisotopic (exact) mass is 350 g/mol. The van der Waals surface area contributed by atoms with Crippen LogP contribution in [0.3, 0.4) is 0 Å². The minimum Gasteiger partial charge on any atom is -0.390 e. The maximum Gasteiger partial charge on any atom is 0.321 e. The molecule has 1 aliphatic heterocycles. The van der Waals surface area contributed by atoms with Crippen LogP contribution >= 0.6 is 0 Å². The van der Waals surface area contributed by atoms with E-state index in [4.69, 9.17) is 0 Å². The standard InChI is InChI=1S/C22H26N2O2/c1-16-6-5-9-20(10-16)23-21(25)24-14-18-12-22(26,13-19(18)15-24)11-17-7-3-2-4-8-17/h2-10,18-19,26H,11-15H2,1H3,(H,23,25)/t18-,19+,22?. The average Bonchev–Trinajstić information content (AvgIpc) is 3.10. The molecule has 1 saturated carbocycles. The van der Waals surface area contributed by atoms with E-state index in [0.29, 0.717) is 18.3 Å². The maximum atomic E-state index is 12.6. The number of carbonyl (C=O) groups is 1. The summed E-state index contributed by atoms with van der Waals surface area (Å²) in [7, 11) is 0. The summed E-state index contributed by atoms with van der Waals surface area (Å²) in [6, 6.07) is 18.0. The number of urea groups is 1. The quantitative estimate of drug-likeness (QED) is 0.884. The molecular formula is C22H26N2O2. The van der Waals surface area contributed by atoms with Crippen LogP contribution in [0.5, 0.6) is 0 Å². The lowest BCUT2D eigenvalue weighted by atomic mass is 9.91. The van der Waals surface area contributed by atoms with Crippen LogP contribution in [0.15, 0.2) is 54.6 Å². The van der Waals surface area contributed by atoms with Gasteiger partial charge in [0.1, 0.15) is 0 Å². The number of aryl methyl sites for hydroxylation is 1. The van der Waals surface area contributed by atoms with E-state index in [1.54, 1.807) is 0 Å². The second-order valence-electron chi connectivity index (χ2n) is 8.02. The third-order valence-corrected chi connectivity index (χ3v) is 5.79. The van der Waals surface area contributed by atoms with Gasteiger partial charge in [0.2, 0.25) is 0 Å². The van der Waals surface area contributed by atoms with Crippen molar-refractivity contribution in [2.75, 3.05) is 18.4 Å². The Morgan fingerprint density at radius 1 is 1.12 bits per heavy atom. The molecule has 4 nitrogen and oxygen atoms in total. The van der Waals surface area contributed by atoms with Crippen LogP contribution in [-0.4, -0.2) is 34.7 Å². The third kappa shape index (κ3) is 3.61. The molecule has 0 aromatic heterocycles. The number of anilines is 1. The van der Waals surface area contributed by atoms with E-state index in [9.17, 15) is 9.90 Å². The largest absolute Gasteiger partial charge is 0.390 e. The minimum atomic E-state index is -0.629. The third-order valence-electron chi connectivity index (χ3n) is 5.79. The Morgan fingerprint density at radius 2 is 1.81 bits per heavy atom. The summed E-state index contributed by atoms with van der Waals surface area (Å²) >= 11 is 0. The van der Waals surface area contributed by atoms with Crippen LogP contribution in [0.4, 0.5) is 10.5 Å². The Morgan fingerprint density at radius 3 is 2.46 bits per heavy atom. The Balaban J connectivity index is 1.35. The number of nitrogens with one attached hydrogen (secondary N) is 1. The van der Waals surface area contributed by atoms with Gasteiger partial charge in [-0.15, -0.1) is 0 Å². The molecule has 2 N–H and O–H groups in total. The highest BCUT2D eigenvalue weighted by atomic mass is 16.3. The Labute approximate surface area is 154 Å². The van der Waals surface area contributed by atoms with Crippen molar-refractivity contribution < 1.29 is 9.90 Å². The summed E-state index contributed by atoms with van der Waals surface area (Å²) in [5.41, 5.74) is 2.53. The number of benzene rings is 2. The second kappa shape index (κ2) is 6.76. The smallest absolute Gasteiger partial charge is 0.321 e. The highest BCUT2D eigenvalue weighted by Crippen LogP contribution is 2.45. The maximum absolute atomic E-state index is 12.6. The molecular weight excluding hydrogens is 324 g/mol. The summed E-state index contributed by atoms with van der Waals surface area (Å²) in [6.45, 7) is 3.49. The molecule has 0 bridgehead atoms. The van der Waals surface area contributed by atoms with Gasteiger partial charge in [-0.25, -0.2) is 4.79 Å². The van der Waals surface area contributed by atoms with Crippen molar-refractivity contribution in [2.24, 2.45) is 11.8 Å². The van der Waals surface area contributed by atoms with E-state index in [-0.39, 0.29) is 6.03 Å². The number of fused-ring (bicyclic) bond motifs is 1. The number of carbonyl (C=O) groups excluding carboxylic acids is 1. The van der Waals surface area contributed by atoms with Crippen molar-refractivity contribution in [3.63, 3.8) is 0 Å². The van der Waals surface area contributed by atoms with E-state index in [2.05, 4.69) is 17.4 Å². The normalized spacial score (nSPS) is 27.4. The molecule has 1 aliphatic carbocycles. The molecule has 0 spiro atoms. The van der Waals surface area contributed by atoms with Crippen LogP contribution in [0.1, 0.15) is 24.0 Å². The summed E-state index contributed by atoms with van der Waals surface area (Å²) in [5.74, 6) is 0.791. The lowest BCUT2D eigenvalue weighted by molar-refractivity contribution is 0.0368. The van der Waals surface area contributed by atoms with Crippen molar-refractivity contribution in [2.45, 2.75) is 31.8 Å². The van der Waals surface area contributed by atoms with Crippen LogP contribution in [0, 0.1) is 18.8 Å². The molecule has 1 heterocycles. The van der Waals surface area contributed by atoms with E-state index in [0.717, 1.165) is 37.2 Å². The van der Waals surface area contributed by atoms with E-state index in [1.165, 1.54) is 5.56 Å². The fourth-order valence-electron chi connectivity index (χ4n) is 4.67. The number of likely N-dealkylation sites (tertiary alicyclic amines) is 1. The lowest BCUT2D eigenvalue weighted by Crippen LogP contribution is -2.36.